The molecule has 1 aromatic rings. The number of hydrogen-bond acceptors (Lipinski definition) is 4. The van der Waals surface area contributed by atoms with Crippen molar-refractivity contribution in [1.29, 1.82) is 0 Å². The molecule has 0 saturated heterocycles. The second-order valence-corrected chi connectivity index (χ2v) is 7.24. The Morgan fingerprint density at radius 2 is 1.85 bits per heavy atom. The van der Waals surface area contributed by atoms with Gasteiger partial charge < -0.3 is 5.32 Å². The number of nitro groups is 1. The van der Waals surface area contributed by atoms with Gasteiger partial charge >= 0.3 is 0 Å². The molecule has 0 aliphatic carbocycles. The van der Waals surface area contributed by atoms with Gasteiger partial charge in [-0.2, -0.15) is 0 Å². The third-order valence-electron chi connectivity index (χ3n) is 3.12. The smallest absolute Gasteiger partial charge is 0.269 e. The van der Waals surface area contributed by atoms with Gasteiger partial charge in [0.2, 0.25) is 0 Å². The molecule has 112 valence electrons. The zero-order valence-electron chi connectivity index (χ0n) is 12.4. The fraction of sp³-hybridized carbons (Fsp3) is 0.571. The van der Waals surface area contributed by atoms with Crippen molar-refractivity contribution in [2.45, 2.75) is 38.6 Å². The lowest BCUT2D eigenvalue weighted by molar-refractivity contribution is -0.384. The maximum Gasteiger partial charge on any atom is 0.269 e. The quantitative estimate of drug-likeness (QED) is 0.647. The Morgan fingerprint density at radius 1 is 1.30 bits per heavy atom. The summed E-state index contributed by atoms with van der Waals surface area (Å²) >= 11 is 0. The minimum atomic E-state index is -1.17. The van der Waals surface area contributed by atoms with E-state index in [0.29, 0.717) is 10.6 Å². The molecule has 20 heavy (non-hydrogen) atoms. The van der Waals surface area contributed by atoms with Crippen LogP contribution in [0.4, 0.5) is 5.69 Å². The largest absolute Gasteiger partial charge is 0.313 e. The van der Waals surface area contributed by atoms with Crippen molar-refractivity contribution in [3.05, 3.63) is 34.4 Å². The Bertz CT molecular complexity index is 480. The summed E-state index contributed by atoms with van der Waals surface area (Å²) < 4.78 is 12.4. The van der Waals surface area contributed by atoms with Crippen molar-refractivity contribution in [3.8, 4) is 0 Å². The van der Waals surface area contributed by atoms with Crippen LogP contribution in [0.1, 0.15) is 27.7 Å². The predicted octanol–water partition coefficient (Wildman–Crippen LogP) is 2.73. The van der Waals surface area contributed by atoms with Crippen molar-refractivity contribution in [1.82, 2.24) is 5.32 Å². The molecule has 0 bridgehead atoms. The van der Waals surface area contributed by atoms with E-state index in [-0.39, 0.29) is 17.1 Å². The number of nitro benzene ring substituents is 1. The molecule has 1 N–H and O–H groups in total. The highest BCUT2D eigenvalue weighted by Crippen LogP contribution is 2.22. The maximum atomic E-state index is 12.4. The first-order valence-electron chi connectivity index (χ1n) is 6.62. The number of nitrogens with zero attached hydrogens (tertiary/aromatic N) is 1. The fourth-order valence-corrected chi connectivity index (χ4v) is 3.38. The zero-order valence-corrected chi connectivity index (χ0v) is 13.2. The van der Waals surface area contributed by atoms with Crippen LogP contribution >= 0.6 is 0 Å². The molecule has 0 saturated carbocycles. The van der Waals surface area contributed by atoms with Gasteiger partial charge in [-0.1, -0.05) is 27.7 Å². The highest BCUT2D eigenvalue weighted by Gasteiger charge is 2.26. The summed E-state index contributed by atoms with van der Waals surface area (Å²) in [5.74, 6) is 0.495. The van der Waals surface area contributed by atoms with E-state index in [9.17, 15) is 14.3 Å². The van der Waals surface area contributed by atoms with Crippen LogP contribution in [0.2, 0.25) is 0 Å². The van der Waals surface area contributed by atoms with E-state index in [1.54, 1.807) is 12.1 Å². The molecular weight excluding hydrogens is 276 g/mol. The van der Waals surface area contributed by atoms with Gasteiger partial charge in [0, 0.05) is 28.8 Å². The van der Waals surface area contributed by atoms with Gasteiger partial charge in [-0.25, -0.2) is 0 Å². The SMILES string of the molecule is CCNC(CS(=O)c1ccc([N+](=O)[O-])cc1)C(C)(C)C. The second kappa shape index (κ2) is 6.95. The van der Waals surface area contributed by atoms with Gasteiger partial charge in [-0.3, -0.25) is 14.3 Å². The molecule has 0 aliphatic heterocycles. The summed E-state index contributed by atoms with van der Waals surface area (Å²) in [5.41, 5.74) is 0.0247. The minimum absolute atomic E-state index is 0.00640. The van der Waals surface area contributed by atoms with Crippen LogP contribution in [0.3, 0.4) is 0 Å². The average Bonchev–Trinajstić information content (AvgIpc) is 2.37. The Hall–Kier alpha value is -1.27. The van der Waals surface area contributed by atoms with Crippen LogP contribution in [-0.4, -0.2) is 27.5 Å². The molecule has 0 radical (unpaired) electrons. The van der Waals surface area contributed by atoms with Crippen molar-refractivity contribution >= 4 is 16.5 Å². The van der Waals surface area contributed by atoms with Gasteiger partial charge in [0.25, 0.3) is 5.69 Å². The van der Waals surface area contributed by atoms with Crippen LogP contribution < -0.4 is 5.32 Å². The lowest BCUT2D eigenvalue weighted by Gasteiger charge is -2.31. The van der Waals surface area contributed by atoms with Gasteiger partial charge in [0.05, 0.1) is 15.7 Å². The summed E-state index contributed by atoms with van der Waals surface area (Å²) in [5, 5.41) is 13.9. The number of non-ortho nitro benzene ring substituents is 1. The highest BCUT2D eigenvalue weighted by molar-refractivity contribution is 7.85. The van der Waals surface area contributed by atoms with Crippen molar-refractivity contribution in [3.63, 3.8) is 0 Å². The maximum absolute atomic E-state index is 12.4. The van der Waals surface area contributed by atoms with Crippen molar-refractivity contribution < 1.29 is 9.13 Å². The van der Waals surface area contributed by atoms with E-state index in [2.05, 4.69) is 26.1 Å². The third kappa shape index (κ3) is 4.68. The molecular formula is C14H22N2O3S. The van der Waals surface area contributed by atoms with Crippen molar-refractivity contribution in [2.75, 3.05) is 12.3 Å². The van der Waals surface area contributed by atoms with Crippen LogP contribution in [0.5, 0.6) is 0 Å². The first-order valence-corrected chi connectivity index (χ1v) is 7.93. The molecule has 6 heteroatoms. The fourth-order valence-electron chi connectivity index (χ4n) is 1.83. The Morgan fingerprint density at radius 3 is 2.25 bits per heavy atom. The molecule has 0 heterocycles. The standard InChI is InChI=1S/C14H22N2O3S/c1-5-15-13(14(2,3)4)10-20(19)12-8-6-11(7-9-12)16(17)18/h6-9,13,15H,5,10H2,1-4H3. The second-order valence-electron chi connectivity index (χ2n) is 5.74. The Labute approximate surface area is 122 Å². The molecule has 0 fully saturated rings. The third-order valence-corrected chi connectivity index (χ3v) is 4.56. The van der Waals surface area contributed by atoms with Gasteiger partial charge in [0.15, 0.2) is 0 Å². The molecule has 5 nitrogen and oxygen atoms in total. The monoisotopic (exact) mass is 298 g/mol. The number of benzene rings is 1. The predicted molar refractivity (Wildman–Crippen MR) is 81.3 cm³/mol. The minimum Gasteiger partial charge on any atom is -0.313 e. The molecule has 2 unspecified atom stereocenters. The lowest BCUT2D eigenvalue weighted by Crippen LogP contribution is -2.44. The Kier molecular flexibility index (Phi) is 5.83. The first kappa shape index (κ1) is 16.8. The van der Waals surface area contributed by atoms with Crippen LogP contribution in [-0.2, 0) is 10.8 Å². The van der Waals surface area contributed by atoms with E-state index in [0.717, 1.165) is 6.54 Å². The van der Waals surface area contributed by atoms with Gasteiger partial charge in [0.1, 0.15) is 0 Å². The van der Waals surface area contributed by atoms with E-state index in [1.807, 2.05) is 6.92 Å². The first-order chi connectivity index (χ1) is 9.25. The van der Waals surface area contributed by atoms with Gasteiger partial charge in [-0.05, 0) is 24.1 Å². The summed E-state index contributed by atoms with van der Waals surface area (Å²) in [7, 11) is -1.17. The van der Waals surface area contributed by atoms with Gasteiger partial charge in [-0.15, -0.1) is 0 Å². The van der Waals surface area contributed by atoms with E-state index in [1.165, 1.54) is 12.1 Å². The topological polar surface area (TPSA) is 72.2 Å². The van der Waals surface area contributed by atoms with Crippen LogP contribution in [0.15, 0.2) is 29.2 Å². The highest BCUT2D eigenvalue weighted by atomic mass is 32.2. The van der Waals surface area contributed by atoms with Crippen LogP contribution in [0, 0.1) is 15.5 Å². The summed E-state index contributed by atoms with van der Waals surface area (Å²) in [4.78, 5) is 10.8. The molecule has 0 aliphatic rings. The summed E-state index contributed by atoms with van der Waals surface area (Å²) in [6, 6.07) is 6.06. The Balaban J connectivity index is 2.81. The van der Waals surface area contributed by atoms with Crippen LogP contribution in [0.25, 0.3) is 0 Å². The lowest BCUT2D eigenvalue weighted by atomic mass is 9.88. The van der Waals surface area contributed by atoms with E-state index < -0.39 is 15.7 Å². The normalized spacial score (nSPS) is 14.8. The average molecular weight is 298 g/mol. The molecule has 2 atom stereocenters. The number of nitrogens with one attached hydrogen (secondary N) is 1. The number of rotatable bonds is 6. The number of hydrogen-bond donors (Lipinski definition) is 1. The van der Waals surface area contributed by atoms with E-state index >= 15 is 0 Å². The van der Waals surface area contributed by atoms with Crippen molar-refractivity contribution in [2.24, 2.45) is 5.41 Å². The molecule has 1 rings (SSSR count). The molecule has 0 amide bonds. The summed E-state index contributed by atoms with van der Waals surface area (Å²) in [6.07, 6.45) is 0. The molecule has 0 spiro atoms. The zero-order chi connectivity index (χ0) is 15.3. The van der Waals surface area contributed by atoms with E-state index in [4.69, 9.17) is 0 Å². The molecule has 1 aromatic carbocycles. The molecule has 0 aromatic heterocycles. The summed E-state index contributed by atoms with van der Waals surface area (Å²) in [6.45, 7) is 9.15.